The Morgan fingerprint density at radius 1 is 1.09 bits per heavy atom. The summed E-state index contributed by atoms with van der Waals surface area (Å²) in [5.74, 6) is 0.00626. The predicted octanol–water partition coefficient (Wildman–Crippen LogP) is 5.08. The van der Waals surface area contributed by atoms with Crippen molar-refractivity contribution in [3.8, 4) is 0 Å². The molecule has 3 aromatic rings. The third-order valence-electron chi connectivity index (χ3n) is 5.95. The number of imidazole rings is 1. The Hall–Kier alpha value is -3.12. The number of hydrogen-bond donors (Lipinski definition) is 1. The topological polar surface area (TPSA) is 110 Å². The van der Waals surface area contributed by atoms with Gasteiger partial charge in [-0.3, -0.25) is 14.7 Å². The summed E-state index contributed by atoms with van der Waals surface area (Å²) < 4.78 is 55.9. The molecule has 0 saturated carbocycles. The molecule has 0 aliphatic carbocycles. The van der Waals surface area contributed by atoms with Crippen LogP contribution < -0.4 is 5.32 Å². The Morgan fingerprint density at radius 2 is 1.76 bits per heavy atom. The lowest BCUT2D eigenvalue weighted by Gasteiger charge is -2.21. The Bertz CT molecular complexity index is 1300. The molecule has 12 heteroatoms. The van der Waals surface area contributed by atoms with Gasteiger partial charge in [-0.15, -0.1) is 0 Å². The molecular weight excluding hydrogens is 468 g/mol. The van der Waals surface area contributed by atoms with Crippen molar-refractivity contribution in [1.82, 2.24) is 13.9 Å². The van der Waals surface area contributed by atoms with E-state index >= 15 is 0 Å². The zero-order chi connectivity index (χ0) is 24.5. The second-order valence-corrected chi connectivity index (χ2v) is 10.2. The molecule has 1 aliphatic rings. The maximum atomic E-state index is 13.8. The highest BCUT2D eigenvalue weighted by molar-refractivity contribution is 7.89. The fourth-order valence-corrected chi connectivity index (χ4v) is 5.79. The van der Waals surface area contributed by atoms with Crippen LogP contribution in [0, 0.1) is 10.1 Å². The number of halogens is 2. The van der Waals surface area contributed by atoms with Gasteiger partial charge < -0.3 is 5.32 Å². The summed E-state index contributed by atoms with van der Waals surface area (Å²) >= 11 is 0. The van der Waals surface area contributed by atoms with Gasteiger partial charge in [0.05, 0.1) is 26.9 Å². The fourth-order valence-electron chi connectivity index (χ4n) is 4.25. The van der Waals surface area contributed by atoms with Gasteiger partial charge in [-0.25, -0.2) is 13.4 Å². The molecule has 182 valence electrons. The highest BCUT2D eigenvalue weighted by Crippen LogP contribution is 2.34. The quantitative estimate of drug-likeness (QED) is 0.363. The standard InChI is InChI=1S/C22H25F2N5O4S/c1-15(21-26-17-8-4-5-9-19(17)28(21)22(23)24)25-18-11-10-16(14-20(18)29(30)31)34(32,33)27-12-6-2-3-7-13-27/h4-5,8-11,14-15,22,25H,2-3,6-7,12-13H2,1H3/t15-/m1/s1. The molecule has 9 nitrogen and oxygen atoms in total. The van der Waals surface area contributed by atoms with E-state index in [0.29, 0.717) is 18.6 Å². The van der Waals surface area contributed by atoms with E-state index in [0.717, 1.165) is 36.3 Å². The van der Waals surface area contributed by atoms with Crippen molar-refractivity contribution in [2.45, 2.75) is 50.1 Å². The van der Waals surface area contributed by atoms with Gasteiger partial charge in [0.25, 0.3) is 5.69 Å². The summed E-state index contributed by atoms with van der Waals surface area (Å²) in [6.45, 7) is -0.553. The molecule has 4 rings (SSSR count). The highest BCUT2D eigenvalue weighted by Gasteiger charge is 2.29. The molecule has 1 aliphatic heterocycles. The van der Waals surface area contributed by atoms with Crippen molar-refractivity contribution in [2.75, 3.05) is 18.4 Å². The first-order chi connectivity index (χ1) is 16.2. The van der Waals surface area contributed by atoms with Crippen LogP contribution in [0.3, 0.4) is 0 Å². The SMILES string of the molecule is C[C@@H](Nc1ccc(S(=O)(=O)N2CCCCCC2)cc1[N+](=O)[O-])c1nc2ccccc2n1C(F)F. The van der Waals surface area contributed by atoms with E-state index in [9.17, 15) is 27.3 Å². The minimum absolute atomic E-state index is 0.00626. The number of sulfonamides is 1. The first-order valence-corrected chi connectivity index (χ1v) is 12.4. The van der Waals surface area contributed by atoms with E-state index in [-0.39, 0.29) is 21.9 Å². The molecule has 1 atom stereocenters. The lowest BCUT2D eigenvalue weighted by molar-refractivity contribution is -0.384. The molecule has 1 fully saturated rings. The summed E-state index contributed by atoms with van der Waals surface area (Å²) in [5.41, 5.74) is 0.178. The number of hydrogen-bond acceptors (Lipinski definition) is 6. The first kappa shape index (κ1) is 24.0. The number of aromatic nitrogens is 2. The van der Waals surface area contributed by atoms with Gasteiger partial charge in [0, 0.05) is 19.2 Å². The van der Waals surface area contributed by atoms with Crippen LogP contribution in [-0.2, 0) is 10.0 Å². The Morgan fingerprint density at radius 3 is 2.41 bits per heavy atom. The maximum absolute atomic E-state index is 13.8. The number of para-hydroxylation sites is 2. The van der Waals surface area contributed by atoms with Gasteiger partial charge in [0.2, 0.25) is 10.0 Å². The van der Waals surface area contributed by atoms with Crippen LogP contribution in [0.4, 0.5) is 20.2 Å². The molecule has 1 aromatic heterocycles. The second kappa shape index (κ2) is 9.63. The maximum Gasteiger partial charge on any atom is 0.320 e. The Kier molecular flexibility index (Phi) is 6.80. The molecule has 0 unspecified atom stereocenters. The number of nitro benzene ring substituents is 1. The molecule has 1 saturated heterocycles. The molecule has 34 heavy (non-hydrogen) atoms. The third kappa shape index (κ3) is 4.60. The lowest BCUT2D eigenvalue weighted by atomic mass is 10.2. The molecule has 0 radical (unpaired) electrons. The monoisotopic (exact) mass is 493 g/mol. The summed E-state index contributed by atoms with van der Waals surface area (Å²) in [7, 11) is -3.89. The van der Waals surface area contributed by atoms with Gasteiger partial charge in [-0.05, 0) is 44.0 Å². The number of alkyl halides is 2. The van der Waals surface area contributed by atoms with E-state index in [1.165, 1.54) is 22.5 Å². The summed E-state index contributed by atoms with van der Waals surface area (Å²) in [4.78, 5) is 15.2. The van der Waals surface area contributed by atoms with Gasteiger partial charge in [0.1, 0.15) is 11.5 Å². The van der Waals surface area contributed by atoms with Crippen molar-refractivity contribution < 1.29 is 22.1 Å². The van der Waals surface area contributed by atoms with E-state index in [1.54, 1.807) is 25.1 Å². The molecule has 2 aromatic carbocycles. The summed E-state index contributed by atoms with van der Waals surface area (Å²) in [6, 6.07) is 9.23. The predicted molar refractivity (Wildman–Crippen MR) is 123 cm³/mol. The van der Waals surface area contributed by atoms with Gasteiger partial charge in [-0.2, -0.15) is 13.1 Å². The van der Waals surface area contributed by atoms with Crippen LogP contribution in [-0.4, -0.2) is 40.3 Å². The highest BCUT2D eigenvalue weighted by atomic mass is 32.2. The zero-order valence-corrected chi connectivity index (χ0v) is 19.3. The molecule has 0 bridgehead atoms. The van der Waals surface area contributed by atoms with Gasteiger partial charge in [0.15, 0.2) is 0 Å². The average molecular weight is 494 g/mol. The van der Waals surface area contributed by atoms with E-state index in [1.807, 2.05) is 0 Å². The minimum atomic E-state index is -3.89. The van der Waals surface area contributed by atoms with Crippen molar-refractivity contribution in [1.29, 1.82) is 0 Å². The van der Waals surface area contributed by atoms with Gasteiger partial charge >= 0.3 is 6.55 Å². The molecule has 0 amide bonds. The minimum Gasteiger partial charge on any atom is -0.370 e. The van der Waals surface area contributed by atoms with E-state index in [2.05, 4.69) is 10.3 Å². The molecular formula is C22H25F2N5O4S. The second-order valence-electron chi connectivity index (χ2n) is 8.23. The number of nitrogens with one attached hydrogen (secondary N) is 1. The van der Waals surface area contributed by atoms with Crippen LogP contribution in [0.5, 0.6) is 0 Å². The van der Waals surface area contributed by atoms with Crippen LogP contribution in [0.15, 0.2) is 47.4 Å². The van der Waals surface area contributed by atoms with Crippen LogP contribution in [0.1, 0.15) is 51.0 Å². The molecule has 2 heterocycles. The number of nitrogens with zero attached hydrogens (tertiary/aromatic N) is 4. The number of anilines is 1. The average Bonchev–Trinajstić information content (AvgIpc) is 2.97. The van der Waals surface area contributed by atoms with Gasteiger partial charge in [-0.1, -0.05) is 25.0 Å². The summed E-state index contributed by atoms with van der Waals surface area (Å²) in [5, 5.41) is 14.6. The normalized spacial score (nSPS) is 16.5. The Balaban J connectivity index is 1.67. The van der Waals surface area contributed by atoms with Crippen LogP contribution in [0.2, 0.25) is 0 Å². The van der Waals surface area contributed by atoms with E-state index < -0.39 is 33.2 Å². The van der Waals surface area contributed by atoms with Crippen LogP contribution in [0.25, 0.3) is 11.0 Å². The number of benzene rings is 2. The molecule has 0 spiro atoms. The van der Waals surface area contributed by atoms with E-state index in [4.69, 9.17) is 0 Å². The van der Waals surface area contributed by atoms with Crippen molar-refractivity contribution in [3.05, 3.63) is 58.4 Å². The largest absolute Gasteiger partial charge is 0.370 e. The van der Waals surface area contributed by atoms with Crippen molar-refractivity contribution in [3.63, 3.8) is 0 Å². The number of fused-ring (bicyclic) bond motifs is 1. The number of rotatable bonds is 7. The van der Waals surface area contributed by atoms with Crippen molar-refractivity contribution >= 4 is 32.4 Å². The van der Waals surface area contributed by atoms with Crippen molar-refractivity contribution in [2.24, 2.45) is 0 Å². The smallest absolute Gasteiger partial charge is 0.320 e. The zero-order valence-electron chi connectivity index (χ0n) is 18.5. The first-order valence-electron chi connectivity index (χ1n) is 11.0. The van der Waals surface area contributed by atoms with Crippen LogP contribution >= 0.6 is 0 Å². The Labute approximate surface area is 195 Å². The third-order valence-corrected chi connectivity index (χ3v) is 7.84. The lowest BCUT2D eigenvalue weighted by Crippen LogP contribution is -2.32. The fraction of sp³-hybridized carbons (Fsp3) is 0.409. The number of nitro groups is 1. The molecule has 1 N–H and O–H groups in total. The summed E-state index contributed by atoms with van der Waals surface area (Å²) in [6.07, 6.45) is 3.36.